The van der Waals surface area contributed by atoms with Gasteiger partial charge in [-0.1, -0.05) is 18.2 Å². The molecule has 7 N–H and O–H groups in total. The van der Waals surface area contributed by atoms with E-state index in [-0.39, 0.29) is 12.5 Å². The minimum Gasteiger partial charge on any atom is -0.370 e. The van der Waals surface area contributed by atoms with E-state index in [1.807, 2.05) is 29.2 Å². The lowest BCUT2D eigenvalue weighted by Gasteiger charge is -2.33. The highest BCUT2D eigenvalue weighted by Gasteiger charge is 2.20. The van der Waals surface area contributed by atoms with E-state index in [9.17, 15) is 9.59 Å². The van der Waals surface area contributed by atoms with Gasteiger partial charge in [-0.05, 0) is 17.2 Å². The molecule has 0 aliphatic carbocycles. The summed E-state index contributed by atoms with van der Waals surface area (Å²) in [6.07, 6.45) is 3.50. The van der Waals surface area contributed by atoms with Crippen molar-refractivity contribution >= 4 is 24.0 Å². The first-order valence-corrected chi connectivity index (χ1v) is 9.00. The quantitative estimate of drug-likeness (QED) is 0.410. The molecule has 0 saturated carbocycles. The molecule has 2 heterocycles. The Kier molecular flexibility index (Phi) is 6.07. The molecule has 11 nitrogen and oxygen atoms in total. The largest absolute Gasteiger partial charge is 0.370 e. The Morgan fingerprint density at radius 3 is 2.34 bits per heavy atom. The number of aromatic nitrogens is 2. The van der Waals surface area contributed by atoms with Gasteiger partial charge in [0.15, 0.2) is 5.96 Å². The lowest BCUT2D eigenvalue weighted by molar-refractivity contribution is 0.204. The zero-order valence-corrected chi connectivity index (χ0v) is 15.8. The molecule has 1 aliphatic heterocycles. The molecule has 1 aliphatic rings. The third kappa shape index (κ3) is 5.31. The molecule has 0 unspecified atom stereocenters. The second-order valence-corrected chi connectivity index (χ2v) is 6.48. The van der Waals surface area contributed by atoms with Crippen molar-refractivity contribution in [1.82, 2.24) is 20.2 Å². The first-order valence-electron chi connectivity index (χ1n) is 9.00. The second-order valence-electron chi connectivity index (χ2n) is 6.48. The zero-order chi connectivity index (χ0) is 20.8. The van der Waals surface area contributed by atoms with Crippen LogP contribution < -0.4 is 27.4 Å². The van der Waals surface area contributed by atoms with Crippen LogP contribution >= 0.6 is 0 Å². The standard InChI is InChI=1S/C18H23N9O2/c19-15(20)25-18(29)24-9-12-2-1-3-13(8-12)14-10-22-17(23-11-14)27-6-4-26(5-7-27)16(21)28/h1-3,8,10-11H,4-7,9H2,(H2,21,28)(H5,19,20,24,25,29). The average molecular weight is 397 g/mol. The van der Waals surface area contributed by atoms with Gasteiger partial charge in [-0.2, -0.15) is 4.99 Å². The maximum atomic E-state index is 11.5. The lowest BCUT2D eigenvalue weighted by Crippen LogP contribution is -2.50. The van der Waals surface area contributed by atoms with Crippen LogP contribution in [0.25, 0.3) is 11.1 Å². The summed E-state index contributed by atoms with van der Waals surface area (Å²) in [7, 11) is 0. The van der Waals surface area contributed by atoms with E-state index in [0.29, 0.717) is 32.1 Å². The first-order chi connectivity index (χ1) is 13.9. The number of nitrogens with two attached hydrogens (primary N) is 3. The SMILES string of the molecule is NC(=O)N1CCN(c2ncc(-c3cccc(CNC(=O)N=C(N)N)c3)cn2)CC1. The van der Waals surface area contributed by atoms with Crippen molar-refractivity contribution in [2.45, 2.75) is 6.54 Å². The van der Waals surface area contributed by atoms with E-state index in [1.54, 1.807) is 17.3 Å². The van der Waals surface area contributed by atoms with Crippen LogP contribution in [0.15, 0.2) is 41.7 Å². The Morgan fingerprint density at radius 2 is 1.72 bits per heavy atom. The van der Waals surface area contributed by atoms with Crippen LogP contribution in [0.5, 0.6) is 0 Å². The second kappa shape index (κ2) is 8.87. The summed E-state index contributed by atoms with van der Waals surface area (Å²) >= 11 is 0. The van der Waals surface area contributed by atoms with Crippen molar-refractivity contribution in [3.63, 3.8) is 0 Å². The molecule has 0 bridgehead atoms. The highest BCUT2D eigenvalue weighted by molar-refractivity contribution is 5.90. The van der Waals surface area contributed by atoms with Gasteiger partial charge in [0.05, 0.1) is 0 Å². The number of urea groups is 2. The van der Waals surface area contributed by atoms with Crippen LogP contribution in [0, 0.1) is 0 Å². The first kappa shape index (κ1) is 19.9. The highest BCUT2D eigenvalue weighted by atomic mass is 16.2. The molecule has 4 amide bonds. The Morgan fingerprint density at radius 1 is 1.03 bits per heavy atom. The fraction of sp³-hybridized carbons (Fsp3) is 0.278. The number of benzene rings is 1. The molecule has 152 valence electrons. The topological polar surface area (TPSA) is 169 Å². The van der Waals surface area contributed by atoms with Crippen molar-refractivity contribution in [2.24, 2.45) is 22.2 Å². The Hall–Kier alpha value is -3.89. The summed E-state index contributed by atoms with van der Waals surface area (Å²) in [5, 5.41) is 2.61. The van der Waals surface area contributed by atoms with E-state index in [2.05, 4.69) is 20.3 Å². The molecule has 3 rings (SSSR count). The molecule has 2 aromatic rings. The molecule has 1 fully saturated rings. The van der Waals surface area contributed by atoms with Crippen molar-refractivity contribution in [2.75, 3.05) is 31.1 Å². The average Bonchev–Trinajstić information content (AvgIpc) is 2.72. The number of hydrogen-bond donors (Lipinski definition) is 4. The number of hydrogen-bond acceptors (Lipinski definition) is 5. The van der Waals surface area contributed by atoms with Gasteiger partial charge >= 0.3 is 12.1 Å². The molecular formula is C18H23N9O2. The zero-order valence-electron chi connectivity index (χ0n) is 15.8. The minimum absolute atomic E-state index is 0.284. The molecule has 1 aromatic heterocycles. The van der Waals surface area contributed by atoms with Crippen molar-refractivity contribution < 1.29 is 9.59 Å². The van der Waals surface area contributed by atoms with E-state index in [4.69, 9.17) is 17.2 Å². The predicted molar refractivity (Wildman–Crippen MR) is 109 cm³/mol. The molecule has 1 aromatic carbocycles. The number of rotatable bonds is 4. The summed E-state index contributed by atoms with van der Waals surface area (Å²) in [5.41, 5.74) is 18.3. The van der Waals surface area contributed by atoms with Gasteiger partial charge in [0.2, 0.25) is 5.95 Å². The van der Waals surface area contributed by atoms with Crippen molar-refractivity contribution in [3.05, 3.63) is 42.2 Å². The summed E-state index contributed by atoms with van der Waals surface area (Å²) in [5.74, 6) is 0.322. The third-order valence-corrected chi connectivity index (χ3v) is 4.45. The Bertz CT molecular complexity index is 902. The number of amides is 4. The molecule has 11 heteroatoms. The third-order valence-electron chi connectivity index (χ3n) is 4.45. The Labute approximate surface area is 167 Å². The van der Waals surface area contributed by atoms with Gasteiger partial charge in [0, 0.05) is 50.7 Å². The summed E-state index contributed by atoms with van der Waals surface area (Å²) in [6.45, 7) is 2.65. The fourth-order valence-electron chi connectivity index (χ4n) is 2.96. The van der Waals surface area contributed by atoms with Crippen molar-refractivity contribution in [1.29, 1.82) is 0 Å². The number of guanidine groups is 1. The van der Waals surface area contributed by atoms with Crippen LogP contribution in [0.1, 0.15) is 5.56 Å². The lowest BCUT2D eigenvalue weighted by atomic mass is 10.1. The molecule has 1 saturated heterocycles. The van der Waals surface area contributed by atoms with Gasteiger partial charge in [-0.3, -0.25) is 0 Å². The molecule has 0 radical (unpaired) electrons. The predicted octanol–water partition coefficient (Wildman–Crippen LogP) is -0.173. The highest BCUT2D eigenvalue weighted by Crippen LogP contribution is 2.21. The Balaban J connectivity index is 1.63. The van der Waals surface area contributed by atoms with Gasteiger partial charge < -0.3 is 32.3 Å². The van der Waals surface area contributed by atoms with Crippen LogP contribution in [-0.4, -0.2) is 59.1 Å². The maximum Gasteiger partial charge on any atom is 0.344 e. The number of carbonyl (C=O) groups is 2. The molecule has 0 atom stereocenters. The van der Waals surface area contributed by atoms with Crippen LogP contribution in [0.3, 0.4) is 0 Å². The number of carbonyl (C=O) groups excluding carboxylic acids is 2. The minimum atomic E-state index is -0.598. The van der Waals surface area contributed by atoms with Gasteiger partial charge in [0.1, 0.15) is 0 Å². The molecular weight excluding hydrogens is 374 g/mol. The smallest absolute Gasteiger partial charge is 0.344 e. The fourth-order valence-corrected chi connectivity index (χ4v) is 2.96. The summed E-state index contributed by atoms with van der Waals surface area (Å²) < 4.78 is 0. The number of piperazine rings is 1. The molecule has 0 spiro atoms. The van der Waals surface area contributed by atoms with Crippen LogP contribution in [0.4, 0.5) is 15.5 Å². The van der Waals surface area contributed by atoms with E-state index < -0.39 is 12.1 Å². The summed E-state index contributed by atoms with van der Waals surface area (Å²) in [6, 6.07) is 6.63. The number of nitrogens with one attached hydrogen (secondary N) is 1. The number of anilines is 1. The van der Waals surface area contributed by atoms with Crippen molar-refractivity contribution in [3.8, 4) is 11.1 Å². The molecule has 29 heavy (non-hydrogen) atoms. The monoisotopic (exact) mass is 397 g/mol. The van der Waals surface area contributed by atoms with Crippen LogP contribution in [-0.2, 0) is 6.54 Å². The number of primary amides is 1. The van der Waals surface area contributed by atoms with E-state index >= 15 is 0 Å². The van der Waals surface area contributed by atoms with Crippen LogP contribution in [0.2, 0.25) is 0 Å². The van der Waals surface area contributed by atoms with Gasteiger partial charge in [0.25, 0.3) is 0 Å². The maximum absolute atomic E-state index is 11.5. The van der Waals surface area contributed by atoms with Gasteiger partial charge in [-0.15, -0.1) is 0 Å². The van der Waals surface area contributed by atoms with E-state index in [1.165, 1.54) is 0 Å². The number of aliphatic imine (C=N–C) groups is 1. The van der Waals surface area contributed by atoms with Gasteiger partial charge in [-0.25, -0.2) is 19.6 Å². The summed E-state index contributed by atoms with van der Waals surface area (Å²) in [4.78, 5) is 38.7. The normalized spacial score (nSPS) is 13.7. The van der Waals surface area contributed by atoms with E-state index in [0.717, 1.165) is 16.7 Å². The number of nitrogens with zero attached hydrogens (tertiary/aromatic N) is 5.